The second-order valence-electron chi connectivity index (χ2n) is 6.78. The van der Waals surface area contributed by atoms with Gasteiger partial charge in [0.2, 0.25) is 5.91 Å². The smallest absolute Gasteiger partial charge is 0.338 e. The number of hydrogen-bond donors (Lipinski definition) is 1. The van der Waals surface area contributed by atoms with E-state index in [2.05, 4.69) is 10.3 Å². The number of benzene rings is 2. The van der Waals surface area contributed by atoms with Crippen LogP contribution >= 0.6 is 34.7 Å². The first kappa shape index (κ1) is 23.0. The number of carbonyl (C=O) groups is 2. The van der Waals surface area contributed by atoms with Crippen molar-refractivity contribution in [1.29, 1.82) is 0 Å². The number of nitrogens with zero attached hydrogens (tertiary/aromatic N) is 2. The van der Waals surface area contributed by atoms with Crippen LogP contribution in [0.2, 0.25) is 5.02 Å². The number of rotatable bonds is 7. The molecule has 2 aromatic heterocycles. The highest BCUT2D eigenvalue weighted by atomic mass is 35.5. The number of thioether (sulfide) groups is 1. The molecule has 7 nitrogen and oxygen atoms in total. The number of nitrogens with one attached hydrogen (secondary N) is 1. The van der Waals surface area contributed by atoms with Crippen molar-refractivity contribution in [3.8, 4) is 5.69 Å². The molecule has 0 radical (unpaired) electrons. The quantitative estimate of drug-likeness (QED) is 0.218. The minimum Gasteiger partial charge on any atom is -0.462 e. The topological polar surface area (TPSA) is 90.3 Å². The summed E-state index contributed by atoms with van der Waals surface area (Å²) >= 11 is 8.48. The SMILES string of the molecule is CCOC(=O)c1ccc(NC(=O)CSc2nc3ccsc3c(=O)n2-c2ccc(Cl)cc2)cc1. The molecule has 1 N–H and O–H groups in total. The molecular weight excluding hydrogens is 482 g/mol. The number of thiophene rings is 1. The fraction of sp³-hybridized carbons (Fsp3) is 0.130. The van der Waals surface area contributed by atoms with Gasteiger partial charge in [0, 0.05) is 10.7 Å². The standard InChI is InChI=1S/C23H18ClN3O4S2/c1-2-31-22(30)14-3-7-16(8-4-14)25-19(28)13-33-23-26-18-11-12-32-20(18)21(29)27(23)17-9-5-15(24)6-10-17/h3-12H,2,13H2,1H3,(H,25,28). The number of anilines is 1. The minimum atomic E-state index is -0.416. The van der Waals surface area contributed by atoms with Gasteiger partial charge in [-0.25, -0.2) is 9.78 Å². The summed E-state index contributed by atoms with van der Waals surface area (Å²) in [7, 11) is 0. The maximum atomic E-state index is 13.1. The molecule has 0 aliphatic carbocycles. The number of carbonyl (C=O) groups excluding carboxylic acids is 2. The maximum absolute atomic E-state index is 13.1. The van der Waals surface area contributed by atoms with Crippen LogP contribution in [0.1, 0.15) is 17.3 Å². The first-order valence-corrected chi connectivity index (χ1v) is 12.2. The van der Waals surface area contributed by atoms with Gasteiger partial charge in [-0.2, -0.15) is 0 Å². The van der Waals surface area contributed by atoms with Crippen LogP contribution in [0.3, 0.4) is 0 Å². The minimum absolute atomic E-state index is 0.0370. The molecule has 0 fully saturated rings. The fourth-order valence-corrected chi connectivity index (χ4v) is 4.74. The van der Waals surface area contributed by atoms with E-state index in [4.69, 9.17) is 16.3 Å². The van der Waals surface area contributed by atoms with E-state index < -0.39 is 5.97 Å². The molecule has 0 aliphatic rings. The Bertz CT molecular complexity index is 1370. The summed E-state index contributed by atoms with van der Waals surface area (Å²) < 4.78 is 6.98. The normalized spacial score (nSPS) is 10.8. The van der Waals surface area contributed by atoms with E-state index in [-0.39, 0.29) is 17.2 Å². The highest BCUT2D eigenvalue weighted by Gasteiger charge is 2.16. The van der Waals surface area contributed by atoms with Crippen LogP contribution in [-0.4, -0.2) is 33.8 Å². The number of hydrogen-bond acceptors (Lipinski definition) is 7. The number of ether oxygens (including phenoxy) is 1. The van der Waals surface area contributed by atoms with Gasteiger partial charge in [-0.1, -0.05) is 23.4 Å². The Morgan fingerprint density at radius 2 is 1.85 bits per heavy atom. The molecule has 4 aromatic rings. The van der Waals surface area contributed by atoms with Gasteiger partial charge in [0.25, 0.3) is 5.56 Å². The van der Waals surface area contributed by atoms with Crippen LogP contribution in [0.15, 0.2) is 69.9 Å². The van der Waals surface area contributed by atoms with Crippen LogP contribution in [0.4, 0.5) is 5.69 Å². The molecule has 0 atom stereocenters. The molecule has 0 aliphatic heterocycles. The van der Waals surface area contributed by atoms with Crippen molar-refractivity contribution < 1.29 is 14.3 Å². The van der Waals surface area contributed by atoms with Crippen LogP contribution < -0.4 is 10.9 Å². The van der Waals surface area contributed by atoms with Gasteiger partial charge in [-0.3, -0.25) is 14.2 Å². The van der Waals surface area contributed by atoms with Gasteiger partial charge in [0.1, 0.15) is 4.70 Å². The van der Waals surface area contributed by atoms with Crippen molar-refractivity contribution in [1.82, 2.24) is 9.55 Å². The first-order chi connectivity index (χ1) is 16.0. The monoisotopic (exact) mass is 499 g/mol. The summed E-state index contributed by atoms with van der Waals surface area (Å²) in [5.41, 5.74) is 1.96. The molecule has 0 unspecified atom stereocenters. The number of amides is 1. The van der Waals surface area contributed by atoms with E-state index in [9.17, 15) is 14.4 Å². The Kier molecular flexibility index (Phi) is 7.12. The first-order valence-electron chi connectivity index (χ1n) is 9.92. The zero-order chi connectivity index (χ0) is 23.4. The van der Waals surface area contributed by atoms with Gasteiger partial charge < -0.3 is 10.1 Å². The molecule has 0 bridgehead atoms. The Morgan fingerprint density at radius 1 is 1.12 bits per heavy atom. The zero-order valence-corrected chi connectivity index (χ0v) is 19.8. The predicted octanol–water partition coefficient (Wildman–Crippen LogP) is 5.01. The molecule has 168 valence electrons. The Morgan fingerprint density at radius 3 is 2.55 bits per heavy atom. The molecule has 0 saturated heterocycles. The molecule has 10 heteroatoms. The number of fused-ring (bicyclic) bond motifs is 1. The summed E-state index contributed by atoms with van der Waals surface area (Å²) in [6.07, 6.45) is 0. The fourth-order valence-electron chi connectivity index (χ4n) is 3.04. The Balaban J connectivity index is 1.52. The predicted molar refractivity (Wildman–Crippen MR) is 132 cm³/mol. The second kappa shape index (κ2) is 10.2. The molecule has 1 amide bonds. The Hall–Kier alpha value is -3.14. The highest BCUT2D eigenvalue weighted by molar-refractivity contribution is 7.99. The van der Waals surface area contributed by atoms with Crippen LogP contribution in [0.5, 0.6) is 0 Å². The maximum Gasteiger partial charge on any atom is 0.338 e. The van der Waals surface area contributed by atoms with Gasteiger partial charge in [0.05, 0.1) is 29.1 Å². The van der Waals surface area contributed by atoms with Crippen LogP contribution in [0, 0.1) is 0 Å². The van der Waals surface area contributed by atoms with Crippen LogP contribution in [-0.2, 0) is 9.53 Å². The average Bonchev–Trinajstić information content (AvgIpc) is 3.28. The summed E-state index contributed by atoms with van der Waals surface area (Å²) in [6, 6.07) is 15.1. The third kappa shape index (κ3) is 5.27. The third-order valence-electron chi connectivity index (χ3n) is 4.55. The third-order valence-corrected chi connectivity index (χ3v) is 6.63. The Labute approximate surface area is 202 Å². The average molecular weight is 500 g/mol. The zero-order valence-electron chi connectivity index (χ0n) is 17.4. The van der Waals surface area contributed by atoms with Crippen molar-refractivity contribution >= 4 is 62.5 Å². The van der Waals surface area contributed by atoms with E-state index in [0.717, 1.165) is 11.8 Å². The number of esters is 1. The van der Waals surface area contributed by atoms with Crippen LogP contribution in [0.25, 0.3) is 15.9 Å². The van der Waals surface area contributed by atoms with E-state index >= 15 is 0 Å². The van der Waals surface area contributed by atoms with Crippen molar-refractivity contribution in [3.05, 3.63) is 80.9 Å². The van der Waals surface area contributed by atoms with E-state index in [1.165, 1.54) is 15.9 Å². The van der Waals surface area contributed by atoms with Crippen molar-refractivity contribution in [2.75, 3.05) is 17.7 Å². The van der Waals surface area contributed by atoms with Gasteiger partial charge in [-0.05, 0) is 66.9 Å². The molecule has 0 saturated carbocycles. The second-order valence-corrected chi connectivity index (χ2v) is 9.08. The van der Waals surface area contributed by atoms with Gasteiger partial charge in [-0.15, -0.1) is 11.3 Å². The van der Waals surface area contributed by atoms with Gasteiger partial charge >= 0.3 is 5.97 Å². The van der Waals surface area contributed by atoms with E-state index in [1.54, 1.807) is 61.5 Å². The summed E-state index contributed by atoms with van der Waals surface area (Å²) in [6.45, 7) is 2.03. The summed E-state index contributed by atoms with van der Waals surface area (Å²) in [5.74, 6) is -0.651. The van der Waals surface area contributed by atoms with Crippen molar-refractivity contribution in [2.24, 2.45) is 0 Å². The summed E-state index contributed by atoms with van der Waals surface area (Å²) in [4.78, 5) is 42.0. The highest BCUT2D eigenvalue weighted by Crippen LogP contribution is 2.24. The molecule has 2 heterocycles. The lowest BCUT2D eigenvalue weighted by molar-refractivity contribution is -0.113. The van der Waals surface area contributed by atoms with E-state index in [1.807, 2.05) is 5.38 Å². The largest absolute Gasteiger partial charge is 0.462 e. The van der Waals surface area contributed by atoms with Gasteiger partial charge in [0.15, 0.2) is 5.16 Å². The molecule has 2 aromatic carbocycles. The lowest BCUT2D eigenvalue weighted by Gasteiger charge is -2.12. The lowest BCUT2D eigenvalue weighted by Crippen LogP contribution is -2.22. The number of aromatic nitrogens is 2. The van der Waals surface area contributed by atoms with Crippen molar-refractivity contribution in [2.45, 2.75) is 12.1 Å². The number of halogens is 1. The molecule has 0 spiro atoms. The summed E-state index contributed by atoms with van der Waals surface area (Å²) in [5, 5.41) is 5.55. The molecule has 33 heavy (non-hydrogen) atoms. The van der Waals surface area contributed by atoms with Crippen molar-refractivity contribution in [3.63, 3.8) is 0 Å². The molecular formula is C23H18ClN3O4S2. The molecule has 4 rings (SSSR count). The van der Waals surface area contributed by atoms with E-state index in [0.29, 0.717) is 43.9 Å². The lowest BCUT2D eigenvalue weighted by atomic mass is 10.2.